The summed E-state index contributed by atoms with van der Waals surface area (Å²) in [6.07, 6.45) is 6.72. The van der Waals surface area contributed by atoms with Crippen molar-refractivity contribution in [3.05, 3.63) is 9.47 Å². The Bertz CT molecular complexity index is 166. The number of rotatable bonds is 2. The molecule has 0 saturated heterocycles. The summed E-state index contributed by atoms with van der Waals surface area (Å²) in [4.78, 5) is 0. The average Bonchev–Trinajstić information content (AvgIpc) is 2.49. The molecule has 0 radical (unpaired) electrons. The monoisotopic (exact) mass is 264 g/mol. The Kier molecular flexibility index (Phi) is 1.94. The summed E-state index contributed by atoms with van der Waals surface area (Å²) in [5.74, 6) is 3.03. The van der Waals surface area contributed by atoms with Crippen LogP contribution in [0.3, 0.4) is 0 Å². The van der Waals surface area contributed by atoms with Crippen LogP contribution >= 0.6 is 31.9 Å². The van der Waals surface area contributed by atoms with Crippen LogP contribution in [0, 0.1) is 17.8 Å². The van der Waals surface area contributed by atoms with Crippen molar-refractivity contribution in [2.75, 3.05) is 0 Å². The van der Waals surface area contributed by atoms with Crippen LogP contribution in [0.25, 0.3) is 0 Å². The van der Waals surface area contributed by atoms with Crippen molar-refractivity contribution in [1.29, 1.82) is 0 Å². The van der Waals surface area contributed by atoms with E-state index in [0.29, 0.717) is 0 Å². The van der Waals surface area contributed by atoms with Crippen molar-refractivity contribution in [3.8, 4) is 0 Å². The summed E-state index contributed by atoms with van der Waals surface area (Å²) in [6.45, 7) is 0. The van der Waals surface area contributed by atoms with Crippen molar-refractivity contribution in [1.82, 2.24) is 0 Å². The molecule has 0 nitrogen and oxygen atoms in total. The molecule has 2 heteroatoms. The molecule has 0 amide bonds. The van der Waals surface area contributed by atoms with Crippen LogP contribution in [0.5, 0.6) is 0 Å². The Balaban J connectivity index is 1.83. The highest BCUT2D eigenvalue weighted by Crippen LogP contribution is 2.55. The van der Waals surface area contributed by atoms with Gasteiger partial charge < -0.3 is 0 Å². The maximum absolute atomic E-state index is 3.39. The van der Waals surface area contributed by atoms with Crippen molar-refractivity contribution < 1.29 is 0 Å². The number of hydrogen-bond donors (Lipinski definition) is 0. The van der Waals surface area contributed by atoms with Gasteiger partial charge in [-0.2, -0.15) is 0 Å². The van der Waals surface area contributed by atoms with E-state index in [9.17, 15) is 0 Å². The lowest BCUT2D eigenvalue weighted by Crippen LogP contribution is -1.79. The van der Waals surface area contributed by atoms with Gasteiger partial charge in [-0.05, 0) is 68.9 Å². The fourth-order valence-corrected chi connectivity index (χ4v) is 2.33. The molecule has 0 bridgehead atoms. The lowest BCUT2D eigenvalue weighted by molar-refractivity contribution is 0.681. The van der Waals surface area contributed by atoms with Gasteiger partial charge in [0, 0.05) is 0 Å². The molecule has 0 heterocycles. The lowest BCUT2D eigenvalue weighted by Gasteiger charge is -1.88. The third kappa shape index (κ3) is 1.65. The Labute approximate surface area is 78.3 Å². The van der Waals surface area contributed by atoms with E-state index >= 15 is 0 Å². The first kappa shape index (κ1) is 7.35. The molecule has 0 aliphatic heterocycles. The quantitative estimate of drug-likeness (QED) is 0.715. The Morgan fingerprint density at radius 1 is 1.30 bits per heavy atom. The topological polar surface area (TPSA) is 0 Å². The van der Waals surface area contributed by atoms with Gasteiger partial charge in [0.2, 0.25) is 0 Å². The van der Waals surface area contributed by atoms with Crippen molar-refractivity contribution in [2.24, 2.45) is 17.8 Å². The Morgan fingerprint density at radius 2 is 2.00 bits per heavy atom. The fraction of sp³-hybridized carbons (Fsp3) is 0.750. The minimum atomic E-state index is 0.890. The maximum atomic E-state index is 3.39. The smallest absolute Gasteiger partial charge is 0.0567 e. The second-order valence-corrected chi connectivity index (χ2v) is 6.13. The average molecular weight is 266 g/mol. The lowest BCUT2D eigenvalue weighted by atomic mass is 10.2. The number of halogens is 2. The van der Waals surface area contributed by atoms with Crippen molar-refractivity contribution in [3.63, 3.8) is 0 Å². The molecule has 0 aromatic heterocycles. The molecule has 56 valence electrons. The van der Waals surface area contributed by atoms with Gasteiger partial charge >= 0.3 is 0 Å². The van der Waals surface area contributed by atoms with Crippen LogP contribution in [0.15, 0.2) is 9.47 Å². The molecule has 0 aromatic rings. The van der Waals surface area contributed by atoms with Gasteiger partial charge in [0.15, 0.2) is 0 Å². The van der Waals surface area contributed by atoms with E-state index in [1.54, 1.807) is 0 Å². The highest BCUT2D eigenvalue weighted by atomic mass is 79.9. The molecule has 10 heavy (non-hydrogen) atoms. The molecule has 2 aliphatic carbocycles. The maximum Gasteiger partial charge on any atom is 0.0567 e. The minimum Gasteiger partial charge on any atom is -0.0598 e. The van der Waals surface area contributed by atoms with Gasteiger partial charge in [0.1, 0.15) is 0 Å². The van der Waals surface area contributed by atoms with Crippen LogP contribution in [-0.4, -0.2) is 0 Å². The van der Waals surface area contributed by atoms with Crippen LogP contribution < -0.4 is 0 Å². The van der Waals surface area contributed by atoms with Gasteiger partial charge in [-0.1, -0.05) is 6.08 Å². The largest absolute Gasteiger partial charge is 0.0598 e. The number of hydrogen-bond acceptors (Lipinski definition) is 0. The zero-order valence-electron chi connectivity index (χ0n) is 5.69. The number of allylic oxidation sites excluding steroid dienone is 1. The molecule has 2 aliphatic rings. The molecule has 0 aromatic carbocycles. The van der Waals surface area contributed by atoms with Crippen molar-refractivity contribution >= 4 is 31.9 Å². The molecule has 2 rings (SSSR count). The van der Waals surface area contributed by atoms with E-state index in [-0.39, 0.29) is 0 Å². The first-order chi connectivity index (χ1) is 4.77. The van der Waals surface area contributed by atoms with E-state index in [4.69, 9.17) is 0 Å². The highest BCUT2D eigenvalue weighted by molar-refractivity contribution is 9.28. The Hall–Kier alpha value is 0.700. The van der Waals surface area contributed by atoms with Gasteiger partial charge in [-0.25, -0.2) is 0 Å². The summed E-state index contributed by atoms with van der Waals surface area (Å²) in [5, 5.41) is 0. The predicted molar refractivity (Wildman–Crippen MR) is 50.3 cm³/mol. The third-order valence-corrected chi connectivity index (χ3v) is 2.99. The summed E-state index contributed by atoms with van der Waals surface area (Å²) in [6, 6.07) is 0. The van der Waals surface area contributed by atoms with Crippen LogP contribution in [0.4, 0.5) is 0 Å². The third-order valence-electron chi connectivity index (χ3n) is 2.46. The zero-order valence-corrected chi connectivity index (χ0v) is 8.86. The highest BCUT2D eigenvalue weighted by Gasteiger charge is 2.45. The summed E-state index contributed by atoms with van der Waals surface area (Å²) >= 11 is 6.78. The van der Waals surface area contributed by atoms with Crippen LogP contribution in [0.2, 0.25) is 0 Å². The van der Waals surface area contributed by atoms with Crippen LogP contribution in [-0.2, 0) is 0 Å². The van der Waals surface area contributed by atoms with E-state index in [0.717, 1.165) is 21.1 Å². The molecular weight excluding hydrogens is 256 g/mol. The van der Waals surface area contributed by atoms with Gasteiger partial charge in [-0.15, -0.1) is 0 Å². The first-order valence-corrected chi connectivity index (χ1v) is 5.39. The standard InChI is InChI=1S/C8H10Br2/c9-8(10)4-6-3-7(6)5-1-2-5/h4-7H,1-3H2/t6-,7-/m0/s1. The molecule has 0 unspecified atom stereocenters. The Morgan fingerprint density at radius 3 is 2.50 bits per heavy atom. The predicted octanol–water partition coefficient (Wildman–Crippen LogP) is 3.66. The van der Waals surface area contributed by atoms with Gasteiger partial charge in [0.05, 0.1) is 3.39 Å². The molecule has 2 saturated carbocycles. The molecule has 0 N–H and O–H groups in total. The van der Waals surface area contributed by atoms with Gasteiger partial charge in [0.25, 0.3) is 0 Å². The van der Waals surface area contributed by atoms with E-state index in [1.165, 1.54) is 19.3 Å². The molecule has 2 fully saturated rings. The SMILES string of the molecule is BrC(Br)=C[C@@H]1C[C@H]1C1CC1. The molecular formula is C8H10Br2. The van der Waals surface area contributed by atoms with Gasteiger partial charge in [-0.3, -0.25) is 0 Å². The minimum absolute atomic E-state index is 0.890. The van der Waals surface area contributed by atoms with Crippen molar-refractivity contribution in [2.45, 2.75) is 19.3 Å². The summed E-state index contributed by atoms with van der Waals surface area (Å²) in [5.41, 5.74) is 0. The zero-order chi connectivity index (χ0) is 7.14. The van der Waals surface area contributed by atoms with E-state index < -0.39 is 0 Å². The first-order valence-electron chi connectivity index (χ1n) is 3.80. The summed E-state index contributed by atoms with van der Waals surface area (Å²) < 4.78 is 1.13. The second kappa shape index (κ2) is 2.63. The second-order valence-electron chi connectivity index (χ2n) is 3.36. The molecule has 0 spiro atoms. The van der Waals surface area contributed by atoms with E-state index in [1.807, 2.05) is 0 Å². The fourth-order valence-electron chi connectivity index (χ4n) is 1.66. The van der Waals surface area contributed by atoms with E-state index in [2.05, 4.69) is 37.9 Å². The van der Waals surface area contributed by atoms with Crippen LogP contribution in [0.1, 0.15) is 19.3 Å². The summed E-state index contributed by atoms with van der Waals surface area (Å²) in [7, 11) is 0. The molecule has 2 atom stereocenters. The normalized spacial score (nSPS) is 37.4.